The Balaban J connectivity index is 4.73. The Labute approximate surface area is 99.8 Å². The summed E-state index contributed by atoms with van der Waals surface area (Å²) in [6.45, 7) is 11.2. The summed E-state index contributed by atoms with van der Waals surface area (Å²) < 4.78 is 0. The van der Waals surface area contributed by atoms with E-state index in [1.807, 2.05) is 13.8 Å². The Morgan fingerprint density at radius 3 is 2.12 bits per heavy atom. The van der Waals surface area contributed by atoms with Crippen LogP contribution in [-0.4, -0.2) is 34.6 Å². The molecule has 0 aromatic carbocycles. The van der Waals surface area contributed by atoms with E-state index in [0.717, 1.165) is 25.8 Å². The molecular formula is C13H27NO2. The third-order valence-corrected chi connectivity index (χ3v) is 3.17. The van der Waals surface area contributed by atoms with Crippen LogP contribution in [0.3, 0.4) is 0 Å². The molecule has 0 aliphatic carbocycles. The molecule has 3 nitrogen and oxygen atoms in total. The largest absolute Gasteiger partial charge is 0.480 e. The van der Waals surface area contributed by atoms with E-state index in [1.165, 1.54) is 0 Å². The van der Waals surface area contributed by atoms with Crippen LogP contribution in [-0.2, 0) is 4.79 Å². The molecule has 3 heteroatoms. The maximum absolute atomic E-state index is 11.3. The van der Waals surface area contributed by atoms with Gasteiger partial charge in [0.15, 0.2) is 0 Å². The van der Waals surface area contributed by atoms with Crippen molar-refractivity contribution in [3.8, 4) is 0 Å². The van der Waals surface area contributed by atoms with Gasteiger partial charge in [0, 0.05) is 6.04 Å². The lowest BCUT2D eigenvalue weighted by Crippen LogP contribution is -2.49. The zero-order valence-corrected chi connectivity index (χ0v) is 11.4. The first kappa shape index (κ1) is 15.4. The van der Waals surface area contributed by atoms with E-state index >= 15 is 0 Å². The molecule has 16 heavy (non-hydrogen) atoms. The van der Waals surface area contributed by atoms with Crippen molar-refractivity contribution in [3.63, 3.8) is 0 Å². The highest BCUT2D eigenvalue weighted by atomic mass is 16.4. The van der Waals surface area contributed by atoms with Gasteiger partial charge in [-0.2, -0.15) is 0 Å². The zero-order valence-electron chi connectivity index (χ0n) is 11.4. The fourth-order valence-corrected chi connectivity index (χ4v) is 2.02. The molecule has 0 radical (unpaired) electrons. The predicted octanol–water partition coefficient (Wildman–Crippen LogP) is 3.00. The topological polar surface area (TPSA) is 40.5 Å². The van der Waals surface area contributed by atoms with Gasteiger partial charge in [-0.25, -0.2) is 0 Å². The Morgan fingerprint density at radius 2 is 1.81 bits per heavy atom. The van der Waals surface area contributed by atoms with Gasteiger partial charge in [-0.1, -0.05) is 34.1 Å². The number of unbranched alkanes of at least 4 members (excludes halogenated alkanes) is 1. The number of hydrogen-bond acceptors (Lipinski definition) is 2. The van der Waals surface area contributed by atoms with Crippen molar-refractivity contribution in [3.05, 3.63) is 0 Å². The molecule has 0 saturated heterocycles. The molecule has 0 aromatic heterocycles. The molecule has 0 heterocycles. The Kier molecular flexibility index (Phi) is 7.39. The van der Waals surface area contributed by atoms with Crippen LogP contribution >= 0.6 is 0 Å². The quantitative estimate of drug-likeness (QED) is 0.695. The van der Waals surface area contributed by atoms with E-state index in [0.29, 0.717) is 6.04 Å². The van der Waals surface area contributed by atoms with Crippen LogP contribution < -0.4 is 0 Å². The summed E-state index contributed by atoms with van der Waals surface area (Å²) >= 11 is 0. The van der Waals surface area contributed by atoms with E-state index in [9.17, 15) is 9.90 Å². The smallest absolute Gasteiger partial charge is 0.321 e. The maximum Gasteiger partial charge on any atom is 0.321 e. The molecule has 0 bridgehead atoms. The normalized spacial score (nSPS) is 15.4. The fourth-order valence-electron chi connectivity index (χ4n) is 2.02. The SMILES string of the molecule is CCCCN(C(C)CC)C(C(=O)O)C(C)C. The van der Waals surface area contributed by atoms with Crippen LogP contribution in [0.25, 0.3) is 0 Å². The molecule has 2 unspecified atom stereocenters. The summed E-state index contributed by atoms with van der Waals surface area (Å²) in [5.74, 6) is -0.533. The average molecular weight is 229 g/mol. The lowest BCUT2D eigenvalue weighted by molar-refractivity contribution is -0.146. The summed E-state index contributed by atoms with van der Waals surface area (Å²) in [6.07, 6.45) is 3.18. The highest BCUT2D eigenvalue weighted by Crippen LogP contribution is 2.17. The molecular weight excluding hydrogens is 202 g/mol. The summed E-state index contributed by atoms with van der Waals surface area (Å²) in [7, 11) is 0. The van der Waals surface area contributed by atoms with Gasteiger partial charge in [0.05, 0.1) is 0 Å². The molecule has 0 spiro atoms. The second-order valence-corrected chi connectivity index (χ2v) is 4.88. The first-order chi connectivity index (χ1) is 7.45. The van der Waals surface area contributed by atoms with Gasteiger partial charge < -0.3 is 5.11 Å². The van der Waals surface area contributed by atoms with Gasteiger partial charge in [0.25, 0.3) is 0 Å². The molecule has 96 valence electrons. The maximum atomic E-state index is 11.3. The van der Waals surface area contributed by atoms with Crippen molar-refractivity contribution < 1.29 is 9.90 Å². The van der Waals surface area contributed by atoms with Gasteiger partial charge in [-0.3, -0.25) is 9.69 Å². The summed E-state index contributed by atoms with van der Waals surface area (Å²) in [5.41, 5.74) is 0. The van der Waals surface area contributed by atoms with Crippen LogP contribution in [0.5, 0.6) is 0 Å². The van der Waals surface area contributed by atoms with E-state index in [1.54, 1.807) is 0 Å². The van der Waals surface area contributed by atoms with Gasteiger partial charge in [-0.15, -0.1) is 0 Å². The zero-order chi connectivity index (χ0) is 12.7. The Morgan fingerprint density at radius 1 is 1.25 bits per heavy atom. The minimum Gasteiger partial charge on any atom is -0.480 e. The number of aliphatic carboxylic acids is 1. The fraction of sp³-hybridized carbons (Fsp3) is 0.923. The third kappa shape index (κ3) is 4.52. The molecule has 2 atom stereocenters. The van der Waals surface area contributed by atoms with Crippen molar-refractivity contribution in [2.45, 2.75) is 66.0 Å². The molecule has 1 N–H and O–H groups in total. The molecule has 0 aliphatic heterocycles. The summed E-state index contributed by atoms with van der Waals surface area (Å²) in [5, 5.41) is 9.32. The van der Waals surface area contributed by atoms with Gasteiger partial charge >= 0.3 is 5.97 Å². The number of rotatable bonds is 8. The number of hydrogen-bond donors (Lipinski definition) is 1. The molecule has 0 aliphatic rings. The average Bonchev–Trinajstić information content (AvgIpc) is 2.21. The highest BCUT2D eigenvalue weighted by Gasteiger charge is 2.30. The van der Waals surface area contributed by atoms with Gasteiger partial charge in [0.1, 0.15) is 6.04 Å². The van der Waals surface area contributed by atoms with Crippen LogP contribution in [0.15, 0.2) is 0 Å². The Bertz CT molecular complexity index is 204. The van der Waals surface area contributed by atoms with E-state index < -0.39 is 5.97 Å². The number of nitrogens with zero attached hydrogens (tertiary/aromatic N) is 1. The van der Waals surface area contributed by atoms with E-state index in [2.05, 4.69) is 25.7 Å². The third-order valence-electron chi connectivity index (χ3n) is 3.17. The monoisotopic (exact) mass is 229 g/mol. The molecule has 0 rings (SSSR count). The van der Waals surface area contributed by atoms with Crippen molar-refractivity contribution >= 4 is 5.97 Å². The van der Waals surface area contributed by atoms with Crippen LogP contribution in [0, 0.1) is 5.92 Å². The lowest BCUT2D eigenvalue weighted by atomic mass is 9.99. The minimum atomic E-state index is -0.689. The lowest BCUT2D eigenvalue weighted by Gasteiger charge is -2.35. The van der Waals surface area contributed by atoms with Crippen LogP contribution in [0.2, 0.25) is 0 Å². The number of carboxylic acid groups (broad SMARTS) is 1. The van der Waals surface area contributed by atoms with Crippen molar-refractivity contribution in [2.75, 3.05) is 6.54 Å². The number of carbonyl (C=O) groups is 1. The molecule has 0 amide bonds. The second kappa shape index (κ2) is 7.66. The molecule has 0 fully saturated rings. The Hall–Kier alpha value is -0.570. The highest BCUT2D eigenvalue weighted by molar-refractivity contribution is 5.73. The van der Waals surface area contributed by atoms with E-state index in [4.69, 9.17) is 0 Å². The molecule has 0 aromatic rings. The minimum absolute atomic E-state index is 0.156. The summed E-state index contributed by atoms with van der Waals surface area (Å²) in [4.78, 5) is 13.5. The first-order valence-corrected chi connectivity index (χ1v) is 6.44. The first-order valence-electron chi connectivity index (χ1n) is 6.44. The van der Waals surface area contributed by atoms with Crippen molar-refractivity contribution in [1.82, 2.24) is 4.90 Å². The van der Waals surface area contributed by atoms with Gasteiger partial charge in [0.2, 0.25) is 0 Å². The summed E-state index contributed by atoms with van der Waals surface area (Å²) in [6, 6.07) is -0.00319. The second-order valence-electron chi connectivity index (χ2n) is 4.88. The van der Waals surface area contributed by atoms with Crippen molar-refractivity contribution in [2.24, 2.45) is 5.92 Å². The standard InChI is InChI=1S/C13H27NO2/c1-6-8-9-14(11(5)7-2)12(10(3)4)13(15)16/h10-12H,6-9H2,1-5H3,(H,15,16). The van der Waals surface area contributed by atoms with Gasteiger partial charge in [-0.05, 0) is 32.2 Å². The van der Waals surface area contributed by atoms with E-state index in [-0.39, 0.29) is 12.0 Å². The number of carboxylic acids is 1. The van der Waals surface area contributed by atoms with Crippen LogP contribution in [0.1, 0.15) is 53.9 Å². The van der Waals surface area contributed by atoms with Crippen molar-refractivity contribution in [1.29, 1.82) is 0 Å². The van der Waals surface area contributed by atoms with Crippen LogP contribution in [0.4, 0.5) is 0 Å². The predicted molar refractivity (Wildman–Crippen MR) is 67.6 cm³/mol. The molecule has 0 saturated carbocycles.